The predicted molar refractivity (Wildman–Crippen MR) is 154 cm³/mol. The van der Waals surface area contributed by atoms with Gasteiger partial charge in [-0.25, -0.2) is 9.79 Å². The van der Waals surface area contributed by atoms with Gasteiger partial charge in [0, 0.05) is 43.6 Å². The molecule has 1 saturated heterocycles. The molecule has 2 aliphatic heterocycles. The highest BCUT2D eigenvalue weighted by atomic mass is 16.6. The van der Waals surface area contributed by atoms with Crippen molar-refractivity contribution in [3.8, 4) is 0 Å². The highest BCUT2D eigenvalue weighted by Crippen LogP contribution is 2.24. The maximum Gasteiger partial charge on any atom is 0.410 e. The van der Waals surface area contributed by atoms with Gasteiger partial charge >= 0.3 is 6.09 Å². The molecule has 0 saturated carbocycles. The number of hydrogen-bond acceptors (Lipinski definition) is 5. The monoisotopic (exact) mass is 492 g/mol. The third-order valence-electron chi connectivity index (χ3n) is 4.36. The van der Waals surface area contributed by atoms with E-state index in [1.165, 1.54) is 12.1 Å². The van der Waals surface area contributed by atoms with E-state index in [0.717, 1.165) is 42.4 Å². The van der Waals surface area contributed by atoms with E-state index in [4.69, 9.17) is 4.74 Å². The molecule has 1 N–H and O–H groups in total. The fraction of sp³-hybridized carbons (Fsp3) is 0.724. The highest BCUT2D eigenvalue weighted by molar-refractivity contribution is 6.05. The van der Waals surface area contributed by atoms with Crippen molar-refractivity contribution >= 4 is 11.9 Å². The molecule has 0 bridgehead atoms. The first-order valence-corrected chi connectivity index (χ1v) is 13.5. The van der Waals surface area contributed by atoms with Crippen LogP contribution in [0.2, 0.25) is 0 Å². The summed E-state index contributed by atoms with van der Waals surface area (Å²) in [6.45, 7) is 29.7. The molecule has 204 valence electrons. The summed E-state index contributed by atoms with van der Waals surface area (Å²) in [7, 11) is 0. The number of ether oxygens (including phenoxy) is 1. The lowest BCUT2D eigenvalue weighted by Gasteiger charge is -2.37. The zero-order valence-electron chi connectivity index (χ0n) is 25.2. The standard InChI is InChI=1S/C20H32N4O2.C4H10.C3H8.C2H6/c1-7-8-9-21-18-17(15(2)14-22-18)16(3)23-10-12-24(13-11-23)19(25)26-20(4,5)6;1-4(2)3;1-3-2;1-2/h8-9,14H,7,10-13H2,1-6H3,(H,21,22);4H,1-3H3;3H2,1-2H3;1-2H3/b9-8+,17-16+;;;. The molecule has 0 spiro atoms. The Bertz CT molecular complexity index is 702. The van der Waals surface area contributed by atoms with Crippen LogP contribution in [0.25, 0.3) is 0 Å². The Morgan fingerprint density at radius 2 is 1.54 bits per heavy atom. The van der Waals surface area contributed by atoms with Crippen molar-refractivity contribution in [1.29, 1.82) is 0 Å². The summed E-state index contributed by atoms with van der Waals surface area (Å²) in [5.74, 6) is 1.72. The van der Waals surface area contributed by atoms with E-state index in [9.17, 15) is 4.79 Å². The minimum absolute atomic E-state index is 0.229. The molecule has 6 heteroatoms. The van der Waals surface area contributed by atoms with Crippen molar-refractivity contribution in [3.63, 3.8) is 0 Å². The van der Waals surface area contributed by atoms with Crippen molar-refractivity contribution < 1.29 is 9.53 Å². The quantitative estimate of drug-likeness (QED) is 0.437. The van der Waals surface area contributed by atoms with Gasteiger partial charge in [-0.05, 0) is 58.7 Å². The average Bonchev–Trinajstić information content (AvgIpc) is 3.14. The molecule has 2 aliphatic rings. The molecular weight excluding hydrogens is 436 g/mol. The highest BCUT2D eigenvalue weighted by Gasteiger charge is 2.27. The van der Waals surface area contributed by atoms with Crippen LogP contribution in [-0.4, -0.2) is 53.5 Å². The van der Waals surface area contributed by atoms with E-state index in [1.54, 1.807) is 4.90 Å². The van der Waals surface area contributed by atoms with Crippen molar-refractivity contribution in [1.82, 2.24) is 15.1 Å². The first kappa shape index (κ1) is 34.9. The molecule has 1 fully saturated rings. The van der Waals surface area contributed by atoms with Gasteiger partial charge in [0.05, 0.1) is 0 Å². The summed E-state index contributed by atoms with van der Waals surface area (Å²) in [5.41, 5.74) is 3.04. The van der Waals surface area contributed by atoms with Gasteiger partial charge in [0.1, 0.15) is 11.4 Å². The van der Waals surface area contributed by atoms with Gasteiger partial charge in [-0.3, -0.25) is 0 Å². The van der Waals surface area contributed by atoms with E-state index in [0.29, 0.717) is 13.1 Å². The number of amides is 1. The summed E-state index contributed by atoms with van der Waals surface area (Å²) in [5, 5.41) is 3.28. The lowest BCUT2D eigenvalue weighted by Crippen LogP contribution is -2.49. The van der Waals surface area contributed by atoms with Crippen molar-refractivity contribution in [2.75, 3.05) is 26.2 Å². The molecule has 6 nitrogen and oxygen atoms in total. The summed E-state index contributed by atoms with van der Waals surface area (Å²) in [6.07, 6.45) is 7.92. The first-order valence-electron chi connectivity index (χ1n) is 13.5. The van der Waals surface area contributed by atoms with E-state index >= 15 is 0 Å². The van der Waals surface area contributed by atoms with Gasteiger partial charge in [0.2, 0.25) is 0 Å². The van der Waals surface area contributed by atoms with E-state index in [-0.39, 0.29) is 6.09 Å². The van der Waals surface area contributed by atoms with Gasteiger partial charge in [-0.15, -0.1) is 0 Å². The number of carbonyl (C=O) groups excluding carboxylic acids is 1. The number of piperazine rings is 1. The molecule has 0 aromatic heterocycles. The maximum atomic E-state index is 12.2. The molecule has 0 aromatic rings. The molecule has 0 aromatic carbocycles. The fourth-order valence-corrected chi connectivity index (χ4v) is 3.01. The second-order valence-electron chi connectivity index (χ2n) is 10.1. The molecule has 0 atom stereocenters. The van der Waals surface area contributed by atoms with Gasteiger partial charge < -0.3 is 19.9 Å². The number of hydrogen-bond donors (Lipinski definition) is 1. The summed E-state index contributed by atoms with van der Waals surface area (Å²) in [4.78, 5) is 20.8. The van der Waals surface area contributed by atoms with Crippen LogP contribution >= 0.6 is 0 Å². The normalized spacial score (nSPS) is 16.7. The second-order valence-corrected chi connectivity index (χ2v) is 10.1. The van der Waals surface area contributed by atoms with Crippen molar-refractivity contribution in [2.24, 2.45) is 10.9 Å². The number of nitrogens with zero attached hydrogens (tertiary/aromatic N) is 3. The summed E-state index contributed by atoms with van der Waals surface area (Å²) in [6, 6.07) is 0. The minimum Gasteiger partial charge on any atom is -0.444 e. The van der Waals surface area contributed by atoms with Crippen LogP contribution in [0.1, 0.15) is 103 Å². The Hall–Kier alpha value is -2.24. The zero-order chi connectivity index (χ0) is 27.6. The Kier molecular flexibility index (Phi) is 19.0. The van der Waals surface area contributed by atoms with Crippen LogP contribution in [0.15, 0.2) is 40.3 Å². The third-order valence-corrected chi connectivity index (χ3v) is 4.36. The number of rotatable bonds is 3. The smallest absolute Gasteiger partial charge is 0.410 e. The molecule has 0 aliphatic carbocycles. The lowest BCUT2D eigenvalue weighted by molar-refractivity contribution is 0.0168. The minimum atomic E-state index is -0.457. The summed E-state index contributed by atoms with van der Waals surface area (Å²) >= 11 is 0. The van der Waals surface area contributed by atoms with Crippen molar-refractivity contribution in [2.45, 2.75) is 108 Å². The van der Waals surface area contributed by atoms with Gasteiger partial charge in [0.25, 0.3) is 0 Å². The molecule has 2 heterocycles. The van der Waals surface area contributed by atoms with Gasteiger partial charge in [-0.2, -0.15) is 0 Å². The van der Waals surface area contributed by atoms with Gasteiger partial charge in [0.15, 0.2) is 0 Å². The number of nitrogens with one attached hydrogen (secondary N) is 1. The predicted octanol–water partition coefficient (Wildman–Crippen LogP) is 7.75. The molecule has 0 unspecified atom stereocenters. The van der Waals surface area contributed by atoms with E-state index in [2.05, 4.69) is 76.7 Å². The molecule has 1 amide bonds. The molecule has 35 heavy (non-hydrogen) atoms. The largest absolute Gasteiger partial charge is 0.444 e. The van der Waals surface area contributed by atoms with Crippen LogP contribution in [0.3, 0.4) is 0 Å². The van der Waals surface area contributed by atoms with Crippen LogP contribution in [0.4, 0.5) is 4.79 Å². The molecular formula is C29H56N4O2. The Morgan fingerprint density at radius 1 is 1.09 bits per heavy atom. The third kappa shape index (κ3) is 15.4. The fourth-order valence-electron chi connectivity index (χ4n) is 3.01. The number of carbonyl (C=O) groups is 1. The topological polar surface area (TPSA) is 57.2 Å². The zero-order valence-corrected chi connectivity index (χ0v) is 25.2. The van der Waals surface area contributed by atoms with Crippen LogP contribution in [0, 0.1) is 5.92 Å². The number of allylic oxidation sites excluding steroid dienone is 2. The second kappa shape index (κ2) is 19.0. The average molecular weight is 493 g/mol. The van der Waals surface area contributed by atoms with Crippen LogP contribution in [-0.2, 0) is 4.74 Å². The number of amidine groups is 1. The number of aliphatic imine (C=N–C) groups is 1. The van der Waals surface area contributed by atoms with Crippen LogP contribution in [0.5, 0.6) is 0 Å². The van der Waals surface area contributed by atoms with Gasteiger partial charge in [-0.1, -0.05) is 67.9 Å². The summed E-state index contributed by atoms with van der Waals surface area (Å²) < 4.78 is 5.47. The molecule has 2 rings (SSSR count). The van der Waals surface area contributed by atoms with Crippen molar-refractivity contribution in [3.05, 3.63) is 35.3 Å². The molecule has 0 radical (unpaired) electrons. The van der Waals surface area contributed by atoms with Crippen LogP contribution < -0.4 is 5.32 Å². The Labute approximate surface area is 217 Å². The van der Waals surface area contributed by atoms with E-state index in [1.807, 2.05) is 47.0 Å². The first-order chi connectivity index (χ1) is 16.4. The Balaban J connectivity index is 0. The maximum absolute atomic E-state index is 12.2. The SMILES string of the molecule is CC.CC(C)C.CC/C=C/NC1=NC=C(C)/C1=C(/C)N1CCN(C(=O)OC(C)(C)C)CC1.CCC. The lowest BCUT2D eigenvalue weighted by atomic mass is 10.1. The van der Waals surface area contributed by atoms with E-state index < -0.39 is 5.60 Å². The Morgan fingerprint density at radius 3 is 1.97 bits per heavy atom.